The minimum absolute atomic E-state index is 0.532. The van der Waals surface area contributed by atoms with Crippen LogP contribution >= 0.6 is 12.6 Å². The van der Waals surface area contributed by atoms with E-state index in [1.807, 2.05) is 24.3 Å². The van der Waals surface area contributed by atoms with Gasteiger partial charge in [0, 0.05) is 17.4 Å². The van der Waals surface area contributed by atoms with Crippen LogP contribution in [0.5, 0.6) is 5.75 Å². The van der Waals surface area contributed by atoms with Gasteiger partial charge in [-0.1, -0.05) is 0 Å². The molecule has 0 N–H and O–H groups in total. The van der Waals surface area contributed by atoms with Gasteiger partial charge in [0.05, 0.1) is 18.3 Å². The number of fused-ring (bicyclic) bond motifs is 1. The smallest absolute Gasteiger partial charge is 0.138 e. The zero-order valence-electron chi connectivity index (χ0n) is 9.01. The Morgan fingerprint density at radius 1 is 1.25 bits per heavy atom. The van der Waals surface area contributed by atoms with Crippen molar-refractivity contribution in [3.05, 3.63) is 30.5 Å². The third kappa shape index (κ3) is 2.65. The highest BCUT2D eigenvalue weighted by Crippen LogP contribution is 2.20. The Morgan fingerprint density at radius 2 is 2.12 bits per heavy atom. The Balaban J connectivity index is 2.21. The van der Waals surface area contributed by atoms with Gasteiger partial charge < -0.3 is 9.47 Å². The number of hydrogen-bond acceptors (Lipinski definition) is 4. The lowest BCUT2D eigenvalue weighted by Gasteiger charge is -2.06. The van der Waals surface area contributed by atoms with Crippen LogP contribution in [0.4, 0.5) is 0 Å². The number of benzene rings is 1. The molecule has 2 aromatic rings. The number of nitrogens with zero attached hydrogens (tertiary/aromatic N) is 1. The molecule has 1 aromatic carbocycles. The summed E-state index contributed by atoms with van der Waals surface area (Å²) in [5.74, 6) is 0.753. The zero-order valence-corrected chi connectivity index (χ0v) is 9.91. The second kappa shape index (κ2) is 5.18. The third-order valence-corrected chi connectivity index (χ3v) is 2.47. The number of methoxy groups -OCH3 is 1. The zero-order chi connectivity index (χ0) is 11.4. The van der Waals surface area contributed by atoms with E-state index >= 15 is 0 Å². The number of ether oxygens (including phenoxy) is 2. The second-order valence-electron chi connectivity index (χ2n) is 3.39. The van der Waals surface area contributed by atoms with Gasteiger partial charge in [0.15, 0.2) is 0 Å². The summed E-state index contributed by atoms with van der Waals surface area (Å²) < 4.78 is 10.4. The maximum atomic E-state index is 5.48. The first-order valence-electron chi connectivity index (χ1n) is 5.00. The van der Waals surface area contributed by atoms with E-state index in [2.05, 4.69) is 17.6 Å². The van der Waals surface area contributed by atoms with Gasteiger partial charge in [0.1, 0.15) is 12.4 Å². The molecule has 0 fully saturated rings. The molecule has 0 bridgehead atoms. The van der Waals surface area contributed by atoms with E-state index in [1.54, 1.807) is 13.3 Å². The molecule has 16 heavy (non-hydrogen) atoms. The number of hydrogen-bond donors (Lipinski definition) is 1. The van der Waals surface area contributed by atoms with Crippen molar-refractivity contribution in [1.29, 1.82) is 0 Å². The summed E-state index contributed by atoms with van der Waals surface area (Å²) in [6.07, 6.45) is 1.72. The van der Waals surface area contributed by atoms with E-state index < -0.39 is 0 Å². The average Bonchev–Trinajstić information content (AvgIpc) is 2.29. The van der Waals surface area contributed by atoms with E-state index in [1.165, 1.54) is 0 Å². The average molecular weight is 235 g/mol. The molecule has 4 heteroatoms. The van der Waals surface area contributed by atoms with Crippen LogP contribution in [0.2, 0.25) is 0 Å². The summed E-state index contributed by atoms with van der Waals surface area (Å²) in [6.45, 7) is 1.11. The van der Waals surface area contributed by atoms with E-state index in [0.717, 1.165) is 21.5 Å². The summed E-state index contributed by atoms with van der Waals surface area (Å²) in [6, 6.07) is 7.78. The first kappa shape index (κ1) is 11.2. The summed E-state index contributed by atoms with van der Waals surface area (Å²) in [4.78, 5) is 5.22. The van der Waals surface area contributed by atoms with E-state index in [4.69, 9.17) is 9.47 Å². The number of aromatic nitrogens is 1. The third-order valence-electron chi connectivity index (χ3n) is 2.20. The summed E-state index contributed by atoms with van der Waals surface area (Å²) in [7, 11) is 1.65. The highest BCUT2D eigenvalue weighted by molar-refractivity contribution is 7.80. The van der Waals surface area contributed by atoms with Crippen molar-refractivity contribution in [2.24, 2.45) is 0 Å². The van der Waals surface area contributed by atoms with Gasteiger partial charge in [0.2, 0.25) is 0 Å². The lowest BCUT2D eigenvalue weighted by Crippen LogP contribution is -2.04. The molecule has 2 rings (SSSR count). The SMILES string of the molecule is COCCOc1cnc2ccc(S)cc2c1. The summed E-state index contributed by atoms with van der Waals surface area (Å²) >= 11 is 4.29. The Morgan fingerprint density at radius 3 is 2.94 bits per heavy atom. The van der Waals surface area contributed by atoms with Gasteiger partial charge in [-0.3, -0.25) is 4.98 Å². The van der Waals surface area contributed by atoms with Crippen LogP contribution in [0.15, 0.2) is 35.4 Å². The molecular weight excluding hydrogens is 222 g/mol. The van der Waals surface area contributed by atoms with Gasteiger partial charge in [-0.25, -0.2) is 0 Å². The van der Waals surface area contributed by atoms with Crippen molar-refractivity contribution < 1.29 is 9.47 Å². The fourth-order valence-electron chi connectivity index (χ4n) is 1.42. The molecule has 0 aliphatic rings. The Labute approximate surface area is 99.8 Å². The Bertz CT molecular complexity index is 487. The Kier molecular flexibility index (Phi) is 3.64. The van der Waals surface area contributed by atoms with Crippen molar-refractivity contribution in [2.75, 3.05) is 20.3 Å². The molecule has 84 valence electrons. The van der Waals surface area contributed by atoms with E-state index in [-0.39, 0.29) is 0 Å². The maximum absolute atomic E-state index is 5.48. The lowest BCUT2D eigenvalue weighted by molar-refractivity contribution is 0.146. The maximum Gasteiger partial charge on any atom is 0.138 e. The van der Waals surface area contributed by atoms with Crippen molar-refractivity contribution in [3.8, 4) is 5.75 Å². The standard InChI is InChI=1S/C12H13NO2S/c1-14-4-5-15-10-6-9-7-11(16)2-3-12(9)13-8-10/h2-3,6-8,16H,4-5H2,1H3. The highest BCUT2D eigenvalue weighted by Gasteiger charge is 1.99. The topological polar surface area (TPSA) is 31.4 Å². The molecule has 1 heterocycles. The molecule has 0 saturated heterocycles. The number of rotatable bonds is 4. The molecular formula is C12H13NO2S. The molecule has 0 radical (unpaired) electrons. The first-order valence-corrected chi connectivity index (χ1v) is 5.45. The van der Waals surface area contributed by atoms with E-state index in [9.17, 15) is 0 Å². The quantitative estimate of drug-likeness (QED) is 0.652. The van der Waals surface area contributed by atoms with Crippen molar-refractivity contribution >= 4 is 23.5 Å². The fraction of sp³-hybridized carbons (Fsp3) is 0.250. The molecule has 0 aliphatic heterocycles. The van der Waals surface area contributed by atoms with E-state index in [0.29, 0.717) is 13.2 Å². The Hall–Kier alpha value is -1.26. The minimum atomic E-state index is 0.532. The molecule has 0 atom stereocenters. The van der Waals surface area contributed by atoms with Crippen LogP contribution in [0.3, 0.4) is 0 Å². The monoisotopic (exact) mass is 235 g/mol. The lowest BCUT2D eigenvalue weighted by atomic mass is 10.2. The summed E-state index contributed by atoms with van der Waals surface area (Å²) in [5.41, 5.74) is 0.942. The molecule has 3 nitrogen and oxygen atoms in total. The normalized spacial score (nSPS) is 10.6. The van der Waals surface area contributed by atoms with Gasteiger partial charge in [-0.15, -0.1) is 12.6 Å². The molecule has 0 saturated carbocycles. The fourth-order valence-corrected chi connectivity index (χ4v) is 1.63. The predicted molar refractivity (Wildman–Crippen MR) is 66.4 cm³/mol. The molecule has 0 spiro atoms. The van der Waals surface area contributed by atoms with Crippen LogP contribution in [0, 0.1) is 0 Å². The summed E-state index contributed by atoms with van der Waals surface area (Å²) in [5, 5.41) is 1.03. The van der Waals surface area contributed by atoms with Crippen LogP contribution in [0.1, 0.15) is 0 Å². The van der Waals surface area contributed by atoms with Gasteiger partial charge in [-0.05, 0) is 24.3 Å². The van der Waals surface area contributed by atoms with Gasteiger partial charge in [-0.2, -0.15) is 0 Å². The largest absolute Gasteiger partial charge is 0.490 e. The molecule has 0 unspecified atom stereocenters. The van der Waals surface area contributed by atoms with Crippen molar-refractivity contribution in [2.45, 2.75) is 4.90 Å². The van der Waals surface area contributed by atoms with Crippen molar-refractivity contribution in [1.82, 2.24) is 4.98 Å². The van der Waals surface area contributed by atoms with Crippen LogP contribution < -0.4 is 4.74 Å². The van der Waals surface area contributed by atoms with Crippen LogP contribution in [-0.4, -0.2) is 25.3 Å². The molecule has 0 amide bonds. The van der Waals surface area contributed by atoms with Crippen molar-refractivity contribution in [3.63, 3.8) is 0 Å². The number of pyridine rings is 1. The minimum Gasteiger partial charge on any atom is -0.490 e. The molecule has 1 aromatic heterocycles. The van der Waals surface area contributed by atoms with Gasteiger partial charge in [0.25, 0.3) is 0 Å². The predicted octanol–water partition coefficient (Wildman–Crippen LogP) is 2.55. The van der Waals surface area contributed by atoms with Crippen LogP contribution in [-0.2, 0) is 4.74 Å². The van der Waals surface area contributed by atoms with Crippen LogP contribution in [0.25, 0.3) is 10.9 Å². The molecule has 0 aliphatic carbocycles. The second-order valence-corrected chi connectivity index (χ2v) is 3.91. The number of thiol groups is 1. The highest BCUT2D eigenvalue weighted by atomic mass is 32.1. The first-order chi connectivity index (χ1) is 7.79. The van der Waals surface area contributed by atoms with Gasteiger partial charge >= 0.3 is 0 Å².